The van der Waals surface area contributed by atoms with Gasteiger partial charge in [0.2, 0.25) is 11.8 Å². The van der Waals surface area contributed by atoms with E-state index in [4.69, 9.17) is 0 Å². The highest BCUT2D eigenvalue weighted by Crippen LogP contribution is 2.18. The van der Waals surface area contributed by atoms with Crippen molar-refractivity contribution in [3.05, 3.63) is 53.6 Å². The van der Waals surface area contributed by atoms with Gasteiger partial charge in [-0.15, -0.1) is 0 Å². The number of anilines is 1. The first-order valence-corrected chi connectivity index (χ1v) is 7.77. The summed E-state index contributed by atoms with van der Waals surface area (Å²) in [7, 11) is 1.67. The molecule has 1 aromatic heterocycles. The monoisotopic (exact) mass is 326 g/mol. The van der Waals surface area contributed by atoms with Crippen LogP contribution in [0.2, 0.25) is 0 Å². The van der Waals surface area contributed by atoms with Crippen molar-refractivity contribution in [2.75, 3.05) is 12.4 Å². The van der Waals surface area contributed by atoms with Crippen LogP contribution in [0.3, 0.4) is 0 Å². The number of carbonyl (C=O) groups excluding carboxylic acids is 2. The minimum atomic E-state index is -0.324. The quantitative estimate of drug-likeness (QED) is 0.857. The van der Waals surface area contributed by atoms with Gasteiger partial charge in [0.15, 0.2) is 0 Å². The van der Waals surface area contributed by atoms with Gasteiger partial charge in [0.1, 0.15) is 12.7 Å². The molecule has 0 saturated carbocycles. The number of hydrogen-bond acceptors (Lipinski definition) is 4. The third kappa shape index (κ3) is 4.38. The van der Waals surface area contributed by atoms with Gasteiger partial charge in [-0.1, -0.05) is 12.1 Å². The van der Waals surface area contributed by atoms with Crippen molar-refractivity contribution in [2.45, 2.75) is 33.2 Å². The second kappa shape index (κ2) is 7.68. The molecule has 0 aliphatic rings. The molecule has 0 unspecified atom stereocenters. The predicted molar refractivity (Wildman–Crippen MR) is 92.4 cm³/mol. The summed E-state index contributed by atoms with van der Waals surface area (Å²) < 4.78 is 0. The van der Waals surface area contributed by atoms with Gasteiger partial charge < -0.3 is 10.2 Å². The number of aromatic nitrogens is 2. The molecule has 0 aliphatic heterocycles. The number of nitrogens with zero attached hydrogens (tertiary/aromatic N) is 3. The van der Waals surface area contributed by atoms with E-state index in [0.29, 0.717) is 0 Å². The fraction of sp³-hybridized carbons (Fsp3) is 0.333. The summed E-state index contributed by atoms with van der Waals surface area (Å²) in [4.78, 5) is 34.0. The zero-order valence-corrected chi connectivity index (χ0v) is 14.4. The first-order chi connectivity index (χ1) is 11.4. The van der Waals surface area contributed by atoms with Gasteiger partial charge in [0.25, 0.3) is 0 Å². The number of hydrogen-bond donors (Lipinski definition) is 1. The van der Waals surface area contributed by atoms with Crippen molar-refractivity contribution in [2.24, 2.45) is 0 Å². The van der Waals surface area contributed by atoms with Gasteiger partial charge in [-0.3, -0.25) is 9.59 Å². The van der Waals surface area contributed by atoms with Crippen molar-refractivity contribution >= 4 is 17.5 Å². The summed E-state index contributed by atoms with van der Waals surface area (Å²) in [5, 5.41) is 2.80. The Kier molecular flexibility index (Phi) is 5.63. The average Bonchev–Trinajstić information content (AvgIpc) is 2.57. The SMILES string of the molecule is Cc1ccc(C)c(NC(=O)CC(=O)N(C)[C@H](C)c2ccncn2)c1. The first-order valence-electron chi connectivity index (χ1n) is 7.77. The fourth-order valence-corrected chi connectivity index (χ4v) is 2.29. The highest BCUT2D eigenvalue weighted by atomic mass is 16.2. The number of aryl methyl sites for hydroxylation is 2. The van der Waals surface area contributed by atoms with Crippen LogP contribution >= 0.6 is 0 Å². The van der Waals surface area contributed by atoms with Crippen LogP contribution in [0.25, 0.3) is 0 Å². The highest BCUT2D eigenvalue weighted by molar-refractivity contribution is 6.03. The summed E-state index contributed by atoms with van der Waals surface area (Å²) in [6, 6.07) is 7.34. The molecule has 2 rings (SSSR count). The molecule has 0 spiro atoms. The Bertz CT molecular complexity index is 731. The van der Waals surface area contributed by atoms with E-state index in [1.807, 2.05) is 39.0 Å². The van der Waals surface area contributed by atoms with E-state index >= 15 is 0 Å². The van der Waals surface area contributed by atoms with Crippen molar-refractivity contribution in [3.8, 4) is 0 Å². The summed E-state index contributed by atoms with van der Waals surface area (Å²) in [5.74, 6) is -0.584. The van der Waals surface area contributed by atoms with Gasteiger partial charge in [0, 0.05) is 18.9 Å². The van der Waals surface area contributed by atoms with Gasteiger partial charge in [-0.25, -0.2) is 9.97 Å². The van der Waals surface area contributed by atoms with Crippen LogP contribution in [0.4, 0.5) is 5.69 Å². The third-order valence-electron chi connectivity index (χ3n) is 3.99. The molecule has 6 nitrogen and oxygen atoms in total. The summed E-state index contributed by atoms with van der Waals surface area (Å²) >= 11 is 0. The second-order valence-corrected chi connectivity index (χ2v) is 5.86. The number of benzene rings is 1. The van der Waals surface area contributed by atoms with Crippen LogP contribution in [0, 0.1) is 13.8 Å². The van der Waals surface area contributed by atoms with E-state index in [1.54, 1.807) is 19.3 Å². The molecule has 1 heterocycles. The first kappa shape index (κ1) is 17.6. The lowest BCUT2D eigenvalue weighted by Gasteiger charge is -2.24. The molecule has 2 aromatic rings. The zero-order chi connectivity index (χ0) is 17.7. The molecule has 1 atom stereocenters. The molecule has 0 fully saturated rings. The Balaban J connectivity index is 1.98. The molecule has 0 bridgehead atoms. The van der Waals surface area contributed by atoms with Crippen LogP contribution in [0.1, 0.15) is 36.2 Å². The molecule has 0 aliphatic carbocycles. The van der Waals surface area contributed by atoms with Gasteiger partial charge in [0.05, 0.1) is 11.7 Å². The lowest BCUT2D eigenvalue weighted by atomic mass is 10.1. The van der Waals surface area contributed by atoms with E-state index in [2.05, 4.69) is 15.3 Å². The average molecular weight is 326 g/mol. The normalized spacial score (nSPS) is 11.7. The predicted octanol–water partition coefficient (Wildman–Crippen LogP) is 2.64. The van der Waals surface area contributed by atoms with Gasteiger partial charge in [-0.05, 0) is 44.0 Å². The number of carbonyl (C=O) groups is 2. The lowest BCUT2D eigenvalue weighted by Crippen LogP contribution is -2.33. The second-order valence-electron chi connectivity index (χ2n) is 5.86. The summed E-state index contributed by atoms with van der Waals surface area (Å²) in [6.07, 6.45) is 2.86. The Hall–Kier alpha value is -2.76. The number of amides is 2. The Labute approximate surface area is 141 Å². The summed E-state index contributed by atoms with van der Waals surface area (Å²) in [6.45, 7) is 5.74. The molecule has 24 heavy (non-hydrogen) atoms. The van der Waals surface area contributed by atoms with Crippen LogP contribution in [-0.4, -0.2) is 33.7 Å². The van der Waals surface area contributed by atoms with Gasteiger partial charge in [-0.2, -0.15) is 0 Å². The van der Waals surface area contributed by atoms with E-state index in [-0.39, 0.29) is 24.3 Å². The van der Waals surface area contributed by atoms with E-state index in [1.165, 1.54) is 11.2 Å². The molecule has 1 N–H and O–H groups in total. The molecule has 2 amide bonds. The molecule has 1 aromatic carbocycles. The van der Waals surface area contributed by atoms with E-state index < -0.39 is 0 Å². The largest absolute Gasteiger partial charge is 0.337 e. The summed E-state index contributed by atoms with van der Waals surface area (Å²) in [5.41, 5.74) is 3.48. The van der Waals surface area contributed by atoms with Crippen LogP contribution in [-0.2, 0) is 9.59 Å². The highest BCUT2D eigenvalue weighted by Gasteiger charge is 2.21. The maximum absolute atomic E-state index is 12.3. The maximum Gasteiger partial charge on any atom is 0.233 e. The topological polar surface area (TPSA) is 75.2 Å². The smallest absolute Gasteiger partial charge is 0.233 e. The Morgan fingerprint density at radius 2 is 2.00 bits per heavy atom. The standard InChI is InChI=1S/C18H22N4O2/c1-12-5-6-13(2)16(9-12)21-17(23)10-18(24)22(4)14(3)15-7-8-19-11-20-15/h5-9,11,14H,10H2,1-4H3,(H,21,23)/t14-/m1/s1. The zero-order valence-electron chi connectivity index (χ0n) is 14.4. The van der Waals surface area contributed by atoms with Crippen LogP contribution < -0.4 is 5.32 Å². The Morgan fingerprint density at radius 3 is 2.67 bits per heavy atom. The molecule has 0 radical (unpaired) electrons. The van der Waals surface area contributed by atoms with Crippen LogP contribution in [0.15, 0.2) is 36.8 Å². The van der Waals surface area contributed by atoms with Crippen molar-refractivity contribution < 1.29 is 9.59 Å². The number of nitrogens with one attached hydrogen (secondary N) is 1. The maximum atomic E-state index is 12.3. The van der Waals surface area contributed by atoms with Gasteiger partial charge >= 0.3 is 0 Å². The Morgan fingerprint density at radius 1 is 1.25 bits per heavy atom. The molecular weight excluding hydrogens is 304 g/mol. The van der Waals surface area contributed by atoms with Crippen molar-refractivity contribution in [3.63, 3.8) is 0 Å². The molecule has 0 saturated heterocycles. The minimum Gasteiger partial charge on any atom is -0.337 e. The van der Waals surface area contributed by atoms with E-state index in [9.17, 15) is 9.59 Å². The molecule has 126 valence electrons. The molecular formula is C18H22N4O2. The third-order valence-corrected chi connectivity index (χ3v) is 3.99. The number of rotatable bonds is 5. The van der Waals surface area contributed by atoms with Crippen molar-refractivity contribution in [1.29, 1.82) is 0 Å². The van der Waals surface area contributed by atoms with Crippen LogP contribution in [0.5, 0.6) is 0 Å². The molecule has 6 heteroatoms. The van der Waals surface area contributed by atoms with Crippen molar-refractivity contribution in [1.82, 2.24) is 14.9 Å². The minimum absolute atomic E-state index is 0.209. The lowest BCUT2D eigenvalue weighted by molar-refractivity contribution is -0.135. The fourth-order valence-electron chi connectivity index (χ4n) is 2.29. The van der Waals surface area contributed by atoms with E-state index in [0.717, 1.165) is 22.5 Å².